The van der Waals surface area contributed by atoms with E-state index in [1.54, 1.807) is 6.07 Å². The number of Topliss-reactive ketones (excluding diaryl/α,β-unsaturated/α-hetero) is 1. The van der Waals surface area contributed by atoms with E-state index in [9.17, 15) is 13.2 Å². The molecule has 1 heterocycles. The minimum atomic E-state index is -3.74. The Kier molecular flexibility index (Phi) is 5.96. The van der Waals surface area contributed by atoms with Gasteiger partial charge in [0.15, 0.2) is 17.3 Å². The molecule has 1 N–H and O–H groups in total. The average molecular weight is 413 g/mol. The van der Waals surface area contributed by atoms with Gasteiger partial charge in [-0.3, -0.25) is 4.79 Å². The van der Waals surface area contributed by atoms with Crippen molar-refractivity contribution in [1.82, 2.24) is 4.72 Å². The lowest BCUT2D eigenvalue weighted by molar-refractivity contribution is 0.101. The number of carbonyl (C=O) groups excluding carboxylic acids is 1. The Hall–Kier alpha value is -2.82. The number of para-hydroxylation sites is 1. The van der Waals surface area contributed by atoms with Crippen molar-refractivity contribution in [3.8, 4) is 23.3 Å². The molecule has 1 aliphatic heterocycles. The van der Waals surface area contributed by atoms with Gasteiger partial charge in [-0.2, -0.15) is 4.72 Å². The summed E-state index contributed by atoms with van der Waals surface area (Å²) in [7, 11) is -3.74. The first-order valence-corrected chi connectivity index (χ1v) is 10.7. The highest BCUT2D eigenvalue weighted by Crippen LogP contribution is 2.41. The van der Waals surface area contributed by atoms with Gasteiger partial charge in [-0.1, -0.05) is 36.1 Å². The molecule has 0 spiro atoms. The third kappa shape index (κ3) is 5.17. The van der Waals surface area contributed by atoms with Gasteiger partial charge in [0.25, 0.3) is 0 Å². The normalized spacial score (nSPS) is 14.3. The zero-order chi connectivity index (χ0) is 21.1. The molecule has 2 aromatic rings. The van der Waals surface area contributed by atoms with Gasteiger partial charge in [-0.25, -0.2) is 8.42 Å². The van der Waals surface area contributed by atoms with E-state index in [0.29, 0.717) is 11.3 Å². The van der Waals surface area contributed by atoms with E-state index in [4.69, 9.17) is 9.47 Å². The van der Waals surface area contributed by atoms with E-state index in [1.807, 2.05) is 32.0 Å². The van der Waals surface area contributed by atoms with Gasteiger partial charge in [-0.05, 0) is 39.0 Å². The van der Waals surface area contributed by atoms with Gasteiger partial charge in [0.1, 0.15) is 12.2 Å². The van der Waals surface area contributed by atoms with Crippen molar-refractivity contribution in [2.75, 3.05) is 13.2 Å². The molecule has 0 bridgehead atoms. The molecule has 0 atom stereocenters. The third-order valence-electron chi connectivity index (χ3n) is 4.38. The van der Waals surface area contributed by atoms with Gasteiger partial charge in [0, 0.05) is 17.5 Å². The van der Waals surface area contributed by atoms with Crippen LogP contribution in [0.2, 0.25) is 0 Å². The van der Waals surface area contributed by atoms with E-state index in [-0.39, 0.29) is 29.4 Å². The molecular weight excluding hydrogens is 390 g/mol. The van der Waals surface area contributed by atoms with Crippen LogP contribution in [0.4, 0.5) is 0 Å². The molecule has 0 amide bonds. The zero-order valence-electron chi connectivity index (χ0n) is 16.6. The van der Waals surface area contributed by atoms with Crippen molar-refractivity contribution in [2.24, 2.45) is 0 Å². The van der Waals surface area contributed by atoms with Crippen molar-refractivity contribution < 1.29 is 22.7 Å². The number of nitrogens with one attached hydrogen (secondary N) is 1. The van der Waals surface area contributed by atoms with Crippen LogP contribution in [0, 0.1) is 11.8 Å². The van der Waals surface area contributed by atoms with Gasteiger partial charge >= 0.3 is 0 Å². The molecule has 1 aliphatic rings. The second-order valence-electron chi connectivity index (χ2n) is 7.33. The van der Waals surface area contributed by atoms with E-state index in [0.717, 1.165) is 17.7 Å². The molecule has 6 nitrogen and oxygen atoms in total. The Labute approximate surface area is 171 Å². The molecule has 0 radical (unpaired) electrons. The fourth-order valence-electron chi connectivity index (χ4n) is 3.03. The van der Waals surface area contributed by atoms with Crippen LogP contribution < -0.4 is 14.2 Å². The first kappa shape index (κ1) is 20.9. The number of ketones is 1. The lowest BCUT2D eigenvalue weighted by atomic mass is 10.0. The smallest absolute Gasteiger partial charge is 0.241 e. The topological polar surface area (TPSA) is 81.7 Å². The van der Waals surface area contributed by atoms with Crippen LogP contribution in [0.1, 0.15) is 36.7 Å². The van der Waals surface area contributed by atoms with E-state index in [2.05, 4.69) is 16.6 Å². The second kappa shape index (κ2) is 8.27. The van der Waals surface area contributed by atoms with Gasteiger partial charge in [0.05, 0.1) is 11.4 Å². The van der Waals surface area contributed by atoms with Crippen LogP contribution in [-0.2, 0) is 16.4 Å². The van der Waals surface area contributed by atoms with Crippen molar-refractivity contribution in [3.63, 3.8) is 0 Å². The van der Waals surface area contributed by atoms with Crippen LogP contribution in [0.25, 0.3) is 0 Å². The maximum Gasteiger partial charge on any atom is 0.241 e. The Bertz CT molecular complexity index is 1090. The number of rotatable bonds is 6. The molecule has 0 aliphatic carbocycles. The average Bonchev–Trinajstić information content (AvgIpc) is 2.99. The molecule has 152 valence electrons. The highest BCUT2D eigenvalue weighted by molar-refractivity contribution is 7.89. The summed E-state index contributed by atoms with van der Waals surface area (Å²) in [5.41, 5.74) is 1.18. The van der Waals surface area contributed by atoms with E-state index >= 15 is 0 Å². The highest BCUT2D eigenvalue weighted by atomic mass is 32.2. The summed E-state index contributed by atoms with van der Waals surface area (Å²) in [6.45, 7) is 5.48. The minimum Gasteiger partial charge on any atom is -0.483 e. The van der Waals surface area contributed by atoms with E-state index in [1.165, 1.54) is 25.1 Å². The van der Waals surface area contributed by atoms with Crippen LogP contribution in [0.5, 0.6) is 11.5 Å². The summed E-state index contributed by atoms with van der Waals surface area (Å²) in [5, 5.41) is 0. The van der Waals surface area contributed by atoms with Gasteiger partial charge in [0.2, 0.25) is 10.0 Å². The summed E-state index contributed by atoms with van der Waals surface area (Å²) in [6, 6.07) is 11.6. The predicted octanol–water partition coefficient (Wildman–Crippen LogP) is 2.96. The first-order chi connectivity index (χ1) is 13.7. The van der Waals surface area contributed by atoms with Crippen LogP contribution >= 0.6 is 0 Å². The lowest BCUT2D eigenvalue weighted by Crippen LogP contribution is -2.24. The van der Waals surface area contributed by atoms with Crippen LogP contribution in [-0.4, -0.2) is 33.0 Å². The summed E-state index contributed by atoms with van der Waals surface area (Å²) < 4.78 is 38.6. The highest BCUT2D eigenvalue weighted by Gasteiger charge is 2.32. The summed E-state index contributed by atoms with van der Waals surface area (Å²) in [6.07, 6.45) is 0.817. The standard InChI is InChI=1S/C22H23NO5S/c1-16(24)17-8-6-10-19(14-17)29(25,26)23-12-4-5-13-27-20-11-7-9-18-15-22(2,3)28-21(18)20/h6-11,14,23H,12-13,15H2,1-3H3. The van der Waals surface area contributed by atoms with Crippen molar-refractivity contribution in [1.29, 1.82) is 0 Å². The van der Waals surface area contributed by atoms with Gasteiger partial charge in [-0.15, -0.1) is 0 Å². The molecule has 0 unspecified atom stereocenters. The van der Waals surface area contributed by atoms with Crippen molar-refractivity contribution >= 4 is 15.8 Å². The molecule has 0 fully saturated rings. The Morgan fingerprint density at radius 2 is 1.97 bits per heavy atom. The number of sulfonamides is 1. The summed E-state index contributed by atoms with van der Waals surface area (Å²) in [5.74, 6) is 6.69. The molecule has 0 aromatic heterocycles. The molecule has 0 saturated heterocycles. The Morgan fingerprint density at radius 3 is 2.72 bits per heavy atom. The summed E-state index contributed by atoms with van der Waals surface area (Å²) in [4.78, 5) is 11.5. The molecule has 7 heteroatoms. The monoisotopic (exact) mass is 413 g/mol. The largest absolute Gasteiger partial charge is 0.483 e. The number of benzene rings is 2. The maximum atomic E-state index is 12.3. The quantitative estimate of drug-likeness (QED) is 0.582. The number of hydrogen-bond acceptors (Lipinski definition) is 5. The predicted molar refractivity (Wildman–Crippen MR) is 110 cm³/mol. The molecule has 0 saturated carbocycles. The van der Waals surface area contributed by atoms with Crippen molar-refractivity contribution in [3.05, 3.63) is 53.6 Å². The molecule has 2 aromatic carbocycles. The first-order valence-electron chi connectivity index (χ1n) is 9.18. The molecular formula is C22H23NO5S. The minimum absolute atomic E-state index is 0.0304. The number of carbonyl (C=O) groups is 1. The SMILES string of the molecule is CC(=O)c1cccc(S(=O)(=O)NCC#CCOc2cccc3c2OC(C)(C)C3)c1. The number of fused-ring (bicyclic) bond motifs is 1. The number of ether oxygens (including phenoxy) is 2. The maximum absolute atomic E-state index is 12.3. The summed E-state index contributed by atoms with van der Waals surface area (Å²) >= 11 is 0. The molecule has 29 heavy (non-hydrogen) atoms. The fourth-order valence-corrected chi connectivity index (χ4v) is 3.99. The molecule has 3 rings (SSSR count). The Balaban J connectivity index is 1.55. The van der Waals surface area contributed by atoms with Crippen molar-refractivity contribution in [2.45, 2.75) is 37.7 Å². The third-order valence-corrected chi connectivity index (χ3v) is 5.78. The lowest BCUT2D eigenvalue weighted by Gasteiger charge is -2.17. The van der Waals surface area contributed by atoms with Crippen LogP contribution in [0.15, 0.2) is 47.4 Å². The van der Waals surface area contributed by atoms with Gasteiger partial charge < -0.3 is 9.47 Å². The fraction of sp³-hybridized carbons (Fsp3) is 0.318. The second-order valence-corrected chi connectivity index (χ2v) is 9.10. The zero-order valence-corrected chi connectivity index (χ0v) is 17.4. The number of hydrogen-bond donors (Lipinski definition) is 1. The Morgan fingerprint density at radius 1 is 1.21 bits per heavy atom. The van der Waals surface area contributed by atoms with E-state index < -0.39 is 10.0 Å². The van der Waals surface area contributed by atoms with Crippen LogP contribution in [0.3, 0.4) is 0 Å².